The molecule has 242 valence electrons. The smallest absolute Gasteiger partial charge is 0.306 e. The SMILES string of the molecule is C[Si](C)(c1ccc([Si](C)(C)[Si](C)(OS(=O)(=O)C(F)(F)F)c2ccccc2)cc1)[Si](C)(OS(=O)(=O)C(F)(F)F)c1ccccc1. The molecule has 0 saturated carbocycles. The van der Waals surface area contributed by atoms with Crippen LogP contribution in [-0.2, 0) is 28.0 Å². The van der Waals surface area contributed by atoms with Crippen LogP contribution in [0.5, 0.6) is 0 Å². The van der Waals surface area contributed by atoms with Gasteiger partial charge < -0.3 is 7.74 Å². The lowest BCUT2D eigenvalue weighted by molar-refractivity contribution is -0.0506. The van der Waals surface area contributed by atoms with Gasteiger partial charge in [0.15, 0.2) is 0 Å². The lowest BCUT2D eigenvalue weighted by Crippen LogP contribution is -2.74. The monoisotopic (exact) mass is 730 g/mol. The maximum atomic E-state index is 13.5. The van der Waals surface area contributed by atoms with Crippen LogP contribution in [0.2, 0.25) is 39.3 Å². The Bertz CT molecular complexity index is 1560. The van der Waals surface area contributed by atoms with Crippen LogP contribution in [0.25, 0.3) is 0 Å². The summed E-state index contributed by atoms with van der Waals surface area (Å²) in [7, 11) is -26.2. The summed E-state index contributed by atoms with van der Waals surface area (Å²) in [6.07, 6.45) is 0. The van der Waals surface area contributed by atoms with Crippen LogP contribution in [0.4, 0.5) is 26.3 Å². The van der Waals surface area contributed by atoms with Gasteiger partial charge in [0, 0.05) is 0 Å². The number of hydrogen-bond donors (Lipinski definition) is 0. The molecule has 0 aliphatic heterocycles. The summed E-state index contributed by atoms with van der Waals surface area (Å²) in [6, 6.07) is 22.2. The Morgan fingerprint density at radius 2 is 0.705 bits per heavy atom. The van der Waals surface area contributed by atoms with E-state index in [-0.39, 0.29) is 0 Å². The largest absolute Gasteiger partial charge is 0.522 e. The Balaban J connectivity index is 2.17. The predicted molar refractivity (Wildman–Crippen MR) is 168 cm³/mol. The Hall–Kier alpha value is -2.07. The summed E-state index contributed by atoms with van der Waals surface area (Å²) >= 11 is 0. The highest BCUT2D eigenvalue weighted by molar-refractivity contribution is 7.90. The van der Waals surface area contributed by atoms with Gasteiger partial charge in [-0.3, -0.25) is 0 Å². The van der Waals surface area contributed by atoms with Crippen LogP contribution >= 0.6 is 0 Å². The first kappa shape index (κ1) is 36.4. The van der Waals surface area contributed by atoms with Crippen LogP contribution in [-0.4, -0.2) is 58.7 Å². The number of halogens is 6. The standard InChI is InChI=1S/C26H32F6O6S2Si4/c1-41(2,43(5,23-13-9-7-10-14-23)37-39(33,34)25(27,28)29)21-17-19-22(20-18-21)42(3,4)44(6,24-15-11-8-12-16-24)38-40(35,36)26(30,31)32/h7-20H,1-6H3. The first-order valence-electron chi connectivity index (χ1n) is 13.1. The highest BCUT2D eigenvalue weighted by atomic mass is 32.2. The Morgan fingerprint density at radius 1 is 0.455 bits per heavy atom. The second-order valence-corrected chi connectivity index (χ2v) is 41.8. The summed E-state index contributed by atoms with van der Waals surface area (Å²) in [5.41, 5.74) is -11.3. The molecule has 0 aliphatic carbocycles. The molecule has 0 aromatic heterocycles. The molecule has 0 saturated heterocycles. The van der Waals surface area contributed by atoms with Gasteiger partial charge >= 0.3 is 31.3 Å². The third kappa shape index (κ3) is 6.58. The molecule has 0 spiro atoms. The van der Waals surface area contributed by atoms with E-state index < -0.39 is 62.1 Å². The van der Waals surface area contributed by atoms with E-state index in [1.54, 1.807) is 86.9 Å². The van der Waals surface area contributed by atoms with E-state index >= 15 is 0 Å². The van der Waals surface area contributed by atoms with Crippen molar-refractivity contribution in [2.45, 2.75) is 50.3 Å². The quantitative estimate of drug-likeness (QED) is 0.175. The van der Waals surface area contributed by atoms with Gasteiger partial charge in [-0.15, -0.1) is 0 Å². The van der Waals surface area contributed by atoms with Crippen LogP contribution in [0.3, 0.4) is 0 Å². The second-order valence-electron chi connectivity index (χ2n) is 11.6. The van der Waals surface area contributed by atoms with Gasteiger partial charge in [-0.05, 0) is 23.5 Å². The van der Waals surface area contributed by atoms with E-state index in [0.29, 0.717) is 20.7 Å². The maximum Gasteiger partial charge on any atom is 0.522 e. The minimum Gasteiger partial charge on any atom is -0.306 e. The van der Waals surface area contributed by atoms with E-state index in [0.717, 1.165) is 0 Å². The molecule has 2 unspecified atom stereocenters. The van der Waals surface area contributed by atoms with E-state index in [2.05, 4.69) is 0 Å². The summed E-state index contributed by atoms with van der Waals surface area (Å²) in [5.74, 6) is 0. The Kier molecular flexibility index (Phi) is 9.88. The third-order valence-electron chi connectivity index (χ3n) is 8.48. The van der Waals surface area contributed by atoms with Gasteiger partial charge in [0.1, 0.15) is 15.2 Å². The van der Waals surface area contributed by atoms with Gasteiger partial charge in [0.25, 0.3) is 0 Å². The first-order valence-corrected chi connectivity index (χ1v) is 28.7. The minimum atomic E-state index is -5.96. The number of rotatable bonds is 10. The molecule has 0 aliphatic rings. The van der Waals surface area contributed by atoms with Gasteiger partial charge in [0.2, 0.25) is 15.7 Å². The molecular weight excluding hydrogens is 699 g/mol. The van der Waals surface area contributed by atoms with Crippen molar-refractivity contribution in [1.82, 2.24) is 0 Å². The van der Waals surface area contributed by atoms with Crippen molar-refractivity contribution in [3.63, 3.8) is 0 Å². The van der Waals surface area contributed by atoms with Gasteiger partial charge in [-0.1, -0.05) is 121 Å². The predicted octanol–water partition coefficient (Wildman–Crippen LogP) is 4.37. The van der Waals surface area contributed by atoms with Crippen molar-refractivity contribution in [3.8, 4) is 0 Å². The molecule has 0 heterocycles. The Labute approximate surface area is 257 Å². The topological polar surface area (TPSA) is 86.7 Å². The molecule has 0 radical (unpaired) electrons. The maximum absolute atomic E-state index is 13.5. The van der Waals surface area contributed by atoms with Crippen molar-refractivity contribution in [3.05, 3.63) is 84.9 Å². The number of hydrogen-bond acceptors (Lipinski definition) is 6. The van der Waals surface area contributed by atoms with Crippen LogP contribution in [0.15, 0.2) is 84.9 Å². The molecule has 3 rings (SSSR count). The average molecular weight is 731 g/mol. The molecule has 3 aromatic rings. The molecular formula is C26H32F6O6S2Si4. The zero-order valence-corrected chi connectivity index (χ0v) is 30.2. The van der Waals surface area contributed by atoms with Crippen molar-refractivity contribution < 1.29 is 50.9 Å². The first-order chi connectivity index (χ1) is 19.8. The third-order valence-corrected chi connectivity index (χ3v) is 44.5. The van der Waals surface area contributed by atoms with Crippen LogP contribution in [0.1, 0.15) is 0 Å². The zero-order valence-electron chi connectivity index (χ0n) is 24.6. The lowest BCUT2D eigenvalue weighted by Gasteiger charge is -2.42. The van der Waals surface area contributed by atoms with E-state index in [4.69, 9.17) is 7.74 Å². The second kappa shape index (κ2) is 11.9. The molecule has 0 fully saturated rings. The fraction of sp³-hybridized carbons (Fsp3) is 0.308. The van der Waals surface area contributed by atoms with E-state index in [1.807, 2.05) is 0 Å². The van der Waals surface area contributed by atoms with Crippen LogP contribution < -0.4 is 20.7 Å². The van der Waals surface area contributed by atoms with Crippen molar-refractivity contribution in [1.29, 1.82) is 0 Å². The highest BCUT2D eigenvalue weighted by Gasteiger charge is 2.60. The summed E-state index contributed by atoms with van der Waals surface area (Å²) in [6.45, 7) is 9.68. The van der Waals surface area contributed by atoms with Crippen molar-refractivity contribution in [2.24, 2.45) is 0 Å². The fourth-order valence-corrected chi connectivity index (χ4v) is 33.2. The van der Waals surface area contributed by atoms with E-state index in [1.165, 1.54) is 37.4 Å². The molecule has 18 heteroatoms. The van der Waals surface area contributed by atoms with Crippen molar-refractivity contribution in [2.75, 3.05) is 0 Å². The highest BCUT2D eigenvalue weighted by Crippen LogP contribution is 2.33. The van der Waals surface area contributed by atoms with Gasteiger partial charge in [-0.25, -0.2) is 0 Å². The van der Waals surface area contributed by atoms with Crippen LogP contribution in [0, 0.1) is 0 Å². The summed E-state index contributed by atoms with van der Waals surface area (Å²) in [5, 5.41) is 1.79. The molecule has 0 N–H and O–H groups in total. The lowest BCUT2D eigenvalue weighted by atomic mass is 10.4. The summed E-state index contributed by atoms with van der Waals surface area (Å²) in [4.78, 5) is 0. The van der Waals surface area contributed by atoms with Crippen molar-refractivity contribution >= 4 is 71.8 Å². The molecule has 0 amide bonds. The minimum absolute atomic E-state index is 0.345. The zero-order chi connectivity index (χ0) is 33.6. The average Bonchev–Trinajstić information content (AvgIpc) is 2.92. The Morgan fingerprint density at radius 3 is 0.932 bits per heavy atom. The molecule has 0 bridgehead atoms. The fourth-order valence-electron chi connectivity index (χ4n) is 4.93. The van der Waals surface area contributed by atoms with E-state index in [9.17, 15) is 43.2 Å². The normalized spacial score (nSPS) is 16.6. The van der Waals surface area contributed by atoms with Gasteiger partial charge in [-0.2, -0.15) is 43.2 Å². The molecule has 44 heavy (non-hydrogen) atoms. The van der Waals surface area contributed by atoms with Gasteiger partial charge in [0.05, 0.1) is 0 Å². The molecule has 3 aromatic carbocycles. The number of benzene rings is 3. The molecule has 2 atom stereocenters. The molecule has 6 nitrogen and oxygen atoms in total. The summed E-state index contributed by atoms with van der Waals surface area (Å²) < 4.78 is 141. The number of alkyl halides is 6.